The number of ether oxygens (including phenoxy) is 1. The van der Waals surface area contributed by atoms with Gasteiger partial charge in [0.2, 0.25) is 5.88 Å². The van der Waals surface area contributed by atoms with Crippen LogP contribution in [0.15, 0.2) is 12.3 Å². The van der Waals surface area contributed by atoms with Crippen molar-refractivity contribution in [3.05, 3.63) is 22.8 Å². The molecule has 0 radical (unpaired) electrons. The van der Waals surface area contributed by atoms with Crippen molar-refractivity contribution in [1.82, 2.24) is 9.88 Å². The van der Waals surface area contributed by atoms with Gasteiger partial charge >= 0.3 is 5.97 Å². The van der Waals surface area contributed by atoms with Gasteiger partial charge < -0.3 is 9.84 Å². The van der Waals surface area contributed by atoms with E-state index in [1.165, 1.54) is 12.3 Å². The lowest BCUT2D eigenvalue weighted by molar-refractivity contribution is 0.0696. The van der Waals surface area contributed by atoms with Crippen LogP contribution in [0.2, 0.25) is 5.02 Å². The van der Waals surface area contributed by atoms with E-state index in [0.717, 1.165) is 6.54 Å². The van der Waals surface area contributed by atoms with Gasteiger partial charge in [-0.1, -0.05) is 11.6 Å². The van der Waals surface area contributed by atoms with Crippen molar-refractivity contribution >= 4 is 17.6 Å². The minimum Gasteiger partial charge on any atom is -0.478 e. The zero-order valence-corrected chi connectivity index (χ0v) is 13.0. The third-order valence-corrected chi connectivity index (χ3v) is 3.29. The van der Waals surface area contributed by atoms with Crippen molar-refractivity contribution in [2.75, 3.05) is 13.2 Å². The van der Waals surface area contributed by atoms with Gasteiger partial charge in [-0.3, -0.25) is 4.90 Å². The third-order valence-electron chi connectivity index (χ3n) is 2.99. The van der Waals surface area contributed by atoms with Gasteiger partial charge in [0.05, 0.1) is 16.8 Å². The Kier molecular flexibility index (Phi) is 6.23. The molecule has 1 N–H and O–H groups in total. The second-order valence-corrected chi connectivity index (χ2v) is 5.49. The predicted molar refractivity (Wildman–Crippen MR) is 78.7 cm³/mol. The van der Waals surface area contributed by atoms with Crippen molar-refractivity contribution in [3.63, 3.8) is 0 Å². The number of rotatable bonds is 7. The molecule has 1 rings (SSSR count). The van der Waals surface area contributed by atoms with E-state index >= 15 is 0 Å². The van der Waals surface area contributed by atoms with E-state index in [1.54, 1.807) is 0 Å². The summed E-state index contributed by atoms with van der Waals surface area (Å²) in [6.07, 6.45) is 1.29. The molecule has 0 aliphatic heterocycles. The van der Waals surface area contributed by atoms with E-state index in [1.807, 2.05) is 0 Å². The topological polar surface area (TPSA) is 62.7 Å². The zero-order valence-electron chi connectivity index (χ0n) is 12.3. The molecular formula is C14H21ClN2O3. The summed E-state index contributed by atoms with van der Waals surface area (Å²) in [5, 5.41) is 9.08. The summed E-state index contributed by atoms with van der Waals surface area (Å²) in [6, 6.07) is 2.19. The molecule has 0 saturated heterocycles. The maximum Gasteiger partial charge on any atom is 0.337 e. The van der Waals surface area contributed by atoms with Crippen molar-refractivity contribution in [1.29, 1.82) is 0 Å². The summed E-state index contributed by atoms with van der Waals surface area (Å²) in [5.74, 6) is -0.813. The molecule has 0 spiro atoms. The van der Waals surface area contributed by atoms with E-state index < -0.39 is 5.97 Å². The first kappa shape index (κ1) is 16.7. The van der Waals surface area contributed by atoms with E-state index in [-0.39, 0.29) is 16.5 Å². The van der Waals surface area contributed by atoms with Gasteiger partial charge in [0.1, 0.15) is 6.61 Å². The van der Waals surface area contributed by atoms with E-state index in [2.05, 4.69) is 37.6 Å². The first-order valence-corrected chi connectivity index (χ1v) is 6.98. The quantitative estimate of drug-likeness (QED) is 0.839. The maximum absolute atomic E-state index is 11.0. The standard InChI is InChI=1S/C14H21ClN2O3/c1-9(2)17(10(3)4)5-6-20-13-7-11(14(18)19)12(15)8-16-13/h7-10H,5-6H2,1-4H3,(H,18,19). The molecule has 0 saturated carbocycles. The second kappa shape index (κ2) is 7.45. The number of aromatic nitrogens is 1. The fourth-order valence-electron chi connectivity index (χ4n) is 2.03. The molecule has 20 heavy (non-hydrogen) atoms. The number of carbonyl (C=O) groups is 1. The molecule has 5 nitrogen and oxygen atoms in total. The highest BCUT2D eigenvalue weighted by molar-refractivity contribution is 6.33. The Morgan fingerprint density at radius 1 is 1.40 bits per heavy atom. The lowest BCUT2D eigenvalue weighted by Crippen LogP contribution is -2.39. The largest absolute Gasteiger partial charge is 0.478 e. The summed E-state index contributed by atoms with van der Waals surface area (Å²) in [6.45, 7) is 9.71. The van der Waals surface area contributed by atoms with E-state index in [9.17, 15) is 4.79 Å². The van der Waals surface area contributed by atoms with Crippen LogP contribution >= 0.6 is 11.6 Å². The van der Waals surface area contributed by atoms with Crippen molar-refractivity contribution in [2.45, 2.75) is 39.8 Å². The molecule has 0 aliphatic carbocycles. The molecule has 1 heterocycles. The summed E-state index contributed by atoms with van der Waals surface area (Å²) in [5.41, 5.74) is 0.00115. The zero-order chi connectivity index (χ0) is 15.3. The van der Waals surface area contributed by atoms with Crippen molar-refractivity contribution in [3.8, 4) is 5.88 Å². The van der Waals surface area contributed by atoms with Crippen LogP contribution in [-0.2, 0) is 0 Å². The molecule has 0 unspecified atom stereocenters. The predicted octanol–water partition coefficient (Wildman–Crippen LogP) is 2.93. The van der Waals surface area contributed by atoms with Crippen LogP contribution in [-0.4, -0.2) is 46.2 Å². The summed E-state index contributed by atoms with van der Waals surface area (Å²) in [7, 11) is 0. The van der Waals surface area contributed by atoms with Crippen LogP contribution in [0.25, 0.3) is 0 Å². The fourth-order valence-corrected chi connectivity index (χ4v) is 2.21. The summed E-state index contributed by atoms with van der Waals surface area (Å²) < 4.78 is 5.51. The number of halogens is 1. The molecule has 1 aromatic heterocycles. The van der Waals surface area contributed by atoms with Gasteiger partial charge in [-0.2, -0.15) is 0 Å². The molecule has 0 aliphatic rings. The fraction of sp³-hybridized carbons (Fsp3) is 0.571. The van der Waals surface area contributed by atoms with Crippen LogP contribution in [0.4, 0.5) is 0 Å². The Labute approximate surface area is 124 Å². The monoisotopic (exact) mass is 300 g/mol. The number of nitrogens with zero attached hydrogens (tertiary/aromatic N) is 2. The van der Waals surface area contributed by atoms with Gasteiger partial charge in [0, 0.05) is 24.7 Å². The number of carboxylic acid groups (broad SMARTS) is 1. The van der Waals surface area contributed by atoms with Gasteiger partial charge in [-0.05, 0) is 27.7 Å². The molecule has 0 atom stereocenters. The van der Waals surface area contributed by atoms with E-state index in [0.29, 0.717) is 18.7 Å². The Morgan fingerprint density at radius 3 is 2.50 bits per heavy atom. The highest BCUT2D eigenvalue weighted by atomic mass is 35.5. The molecule has 0 bridgehead atoms. The Morgan fingerprint density at radius 2 is 2.00 bits per heavy atom. The number of hydrogen-bond donors (Lipinski definition) is 1. The average Bonchev–Trinajstić information content (AvgIpc) is 2.35. The lowest BCUT2D eigenvalue weighted by Gasteiger charge is -2.30. The number of carboxylic acids is 1. The maximum atomic E-state index is 11.0. The molecule has 112 valence electrons. The first-order valence-electron chi connectivity index (χ1n) is 6.60. The average molecular weight is 301 g/mol. The summed E-state index contributed by atoms with van der Waals surface area (Å²) >= 11 is 5.75. The second-order valence-electron chi connectivity index (χ2n) is 5.08. The SMILES string of the molecule is CC(C)N(CCOc1cc(C(=O)O)c(Cl)cn1)C(C)C. The Hall–Kier alpha value is -1.33. The normalized spacial score (nSPS) is 11.4. The molecule has 1 aromatic rings. The minimum atomic E-state index is -1.09. The van der Waals surface area contributed by atoms with Crippen LogP contribution in [0.1, 0.15) is 38.1 Å². The van der Waals surface area contributed by atoms with E-state index in [4.69, 9.17) is 21.4 Å². The van der Waals surface area contributed by atoms with Crippen LogP contribution in [0.3, 0.4) is 0 Å². The van der Waals surface area contributed by atoms with Crippen molar-refractivity contribution in [2.24, 2.45) is 0 Å². The highest BCUT2D eigenvalue weighted by Gasteiger charge is 2.14. The number of aromatic carboxylic acids is 1. The Balaban J connectivity index is 2.62. The number of pyridine rings is 1. The lowest BCUT2D eigenvalue weighted by atomic mass is 10.2. The Bertz CT molecular complexity index is 456. The first-order chi connectivity index (χ1) is 9.32. The number of hydrogen-bond acceptors (Lipinski definition) is 4. The molecule has 0 amide bonds. The van der Waals surface area contributed by atoms with Crippen molar-refractivity contribution < 1.29 is 14.6 Å². The van der Waals surface area contributed by atoms with Gasteiger partial charge in [-0.15, -0.1) is 0 Å². The van der Waals surface area contributed by atoms with Gasteiger partial charge in [0.25, 0.3) is 0 Å². The third kappa shape index (κ3) is 4.65. The minimum absolute atomic E-state index is 0.00115. The van der Waals surface area contributed by atoms with Crippen LogP contribution < -0.4 is 4.74 Å². The smallest absolute Gasteiger partial charge is 0.337 e. The molecule has 0 aromatic carbocycles. The van der Waals surface area contributed by atoms with Crippen LogP contribution in [0, 0.1) is 0 Å². The molecule has 6 heteroatoms. The van der Waals surface area contributed by atoms with Crippen LogP contribution in [0.5, 0.6) is 5.88 Å². The summed E-state index contributed by atoms with van der Waals surface area (Å²) in [4.78, 5) is 17.2. The molecule has 0 fully saturated rings. The van der Waals surface area contributed by atoms with Gasteiger partial charge in [0.15, 0.2) is 0 Å². The van der Waals surface area contributed by atoms with Gasteiger partial charge in [-0.25, -0.2) is 9.78 Å². The highest BCUT2D eigenvalue weighted by Crippen LogP contribution is 2.19. The molecular weight excluding hydrogens is 280 g/mol.